The van der Waals surface area contributed by atoms with Crippen LogP contribution >= 0.6 is 34.5 Å². The number of piperazine rings is 1. The summed E-state index contributed by atoms with van der Waals surface area (Å²) in [7, 11) is -3.68. The van der Waals surface area contributed by atoms with Crippen molar-refractivity contribution in [3.8, 4) is 11.3 Å². The van der Waals surface area contributed by atoms with Crippen LogP contribution in [0.3, 0.4) is 0 Å². The molecule has 2 heterocycles. The van der Waals surface area contributed by atoms with E-state index in [4.69, 9.17) is 28.2 Å². The van der Waals surface area contributed by atoms with Crippen molar-refractivity contribution in [2.24, 2.45) is 0 Å². The van der Waals surface area contributed by atoms with E-state index in [1.165, 1.54) is 15.9 Å². The lowest BCUT2D eigenvalue weighted by molar-refractivity contribution is 0.385. The molecule has 9 heteroatoms. The molecule has 1 aliphatic rings. The molecule has 1 aromatic heterocycles. The molecule has 0 bridgehead atoms. The summed E-state index contributed by atoms with van der Waals surface area (Å²) >= 11 is 13.8. The number of aromatic nitrogens is 1. The number of thiazole rings is 1. The van der Waals surface area contributed by atoms with E-state index in [1.807, 2.05) is 0 Å². The number of benzene rings is 2. The van der Waals surface area contributed by atoms with Gasteiger partial charge in [-0.05, 0) is 36.6 Å². The van der Waals surface area contributed by atoms with Gasteiger partial charge >= 0.3 is 0 Å². The van der Waals surface area contributed by atoms with Gasteiger partial charge in [-0.25, -0.2) is 13.4 Å². The van der Waals surface area contributed by atoms with Gasteiger partial charge < -0.3 is 4.90 Å². The molecular weight excluding hydrogens is 473 g/mol. The van der Waals surface area contributed by atoms with Gasteiger partial charge in [-0.1, -0.05) is 54.4 Å². The van der Waals surface area contributed by atoms with Gasteiger partial charge in [0.05, 0.1) is 10.7 Å². The molecule has 2 aromatic carbocycles. The number of anilines is 1. The molecule has 1 saturated heterocycles. The van der Waals surface area contributed by atoms with Crippen molar-refractivity contribution in [3.63, 3.8) is 0 Å². The maximum atomic E-state index is 13.1. The van der Waals surface area contributed by atoms with Gasteiger partial charge in [0.25, 0.3) is 0 Å². The van der Waals surface area contributed by atoms with Gasteiger partial charge in [-0.3, -0.25) is 0 Å². The fraction of sp³-hybridized carbons (Fsp3) is 0.318. The third-order valence-electron chi connectivity index (χ3n) is 5.49. The minimum Gasteiger partial charge on any atom is -0.345 e. The van der Waals surface area contributed by atoms with E-state index in [1.54, 1.807) is 24.3 Å². The average molecular weight is 496 g/mol. The maximum absolute atomic E-state index is 13.1. The lowest BCUT2D eigenvalue weighted by atomic mass is 10.1. The molecular formula is C22H23Cl2N3O2S2. The van der Waals surface area contributed by atoms with Crippen LogP contribution in [0.1, 0.15) is 18.1 Å². The smallest absolute Gasteiger partial charge is 0.244 e. The summed E-state index contributed by atoms with van der Waals surface area (Å²) in [5.74, 6) is 0. The van der Waals surface area contributed by atoms with E-state index in [0.29, 0.717) is 36.8 Å². The van der Waals surface area contributed by atoms with Gasteiger partial charge in [0, 0.05) is 42.1 Å². The fourth-order valence-corrected chi connectivity index (χ4v) is 6.66. The number of hydrogen-bond acceptors (Lipinski definition) is 5. The Morgan fingerprint density at radius 2 is 1.71 bits per heavy atom. The fourth-order valence-electron chi connectivity index (χ4n) is 3.54. The van der Waals surface area contributed by atoms with Gasteiger partial charge in [0.1, 0.15) is 4.90 Å². The van der Waals surface area contributed by atoms with E-state index in [-0.39, 0.29) is 9.92 Å². The Hall–Kier alpha value is -1.64. The van der Waals surface area contributed by atoms with Crippen molar-refractivity contribution in [2.45, 2.75) is 25.2 Å². The van der Waals surface area contributed by atoms with Crippen LogP contribution in [-0.4, -0.2) is 43.9 Å². The molecule has 5 nitrogen and oxygen atoms in total. The van der Waals surface area contributed by atoms with Gasteiger partial charge in [-0.2, -0.15) is 4.31 Å². The molecule has 0 radical (unpaired) electrons. The summed E-state index contributed by atoms with van der Waals surface area (Å²) in [6, 6.07) is 11.5. The molecule has 1 aliphatic heterocycles. The number of aryl methyl sites for hydroxylation is 2. The van der Waals surface area contributed by atoms with E-state index >= 15 is 0 Å². The third-order valence-corrected chi connectivity index (χ3v) is 9.16. The largest absolute Gasteiger partial charge is 0.345 e. The lowest BCUT2D eigenvalue weighted by Gasteiger charge is -2.34. The summed E-state index contributed by atoms with van der Waals surface area (Å²) in [4.78, 5) is 7.02. The standard InChI is InChI=1S/C22H23Cl2N3O2S2/c1-3-16-4-6-17(7-5-16)20-14-30-22(25-20)26-8-10-27(11-9-26)31(28,29)21-12-15(2)18(23)13-19(21)24/h4-7,12-14H,3,8-11H2,1-2H3. The maximum Gasteiger partial charge on any atom is 0.244 e. The number of sulfonamides is 1. The Balaban J connectivity index is 1.46. The van der Waals surface area contributed by atoms with E-state index in [2.05, 4.69) is 41.5 Å². The highest BCUT2D eigenvalue weighted by Crippen LogP contribution is 2.32. The second kappa shape index (κ2) is 9.08. The topological polar surface area (TPSA) is 53.5 Å². The molecule has 0 aliphatic carbocycles. The Labute approximate surface area is 197 Å². The number of halogens is 2. The molecule has 0 spiro atoms. The third kappa shape index (κ3) is 4.61. The van der Waals surface area contributed by atoms with Gasteiger partial charge in [0.15, 0.2) is 5.13 Å². The molecule has 0 saturated carbocycles. The zero-order valence-corrected chi connectivity index (χ0v) is 20.5. The highest BCUT2D eigenvalue weighted by Gasteiger charge is 2.31. The summed E-state index contributed by atoms with van der Waals surface area (Å²) in [6.45, 7) is 5.81. The number of nitrogens with zero attached hydrogens (tertiary/aromatic N) is 3. The van der Waals surface area contributed by atoms with Crippen molar-refractivity contribution in [2.75, 3.05) is 31.1 Å². The Morgan fingerprint density at radius 3 is 2.35 bits per heavy atom. The predicted octanol–water partition coefficient (Wildman–Crippen LogP) is 5.50. The van der Waals surface area contributed by atoms with Crippen LogP contribution in [0, 0.1) is 6.92 Å². The van der Waals surface area contributed by atoms with Gasteiger partial charge in [-0.15, -0.1) is 11.3 Å². The van der Waals surface area contributed by atoms with Crippen LogP contribution in [0.25, 0.3) is 11.3 Å². The molecule has 4 rings (SSSR count). The second-order valence-corrected chi connectivity index (χ2v) is 11.0. The Bertz CT molecular complexity index is 1190. The molecule has 164 valence electrons. The van der Waals surface area contributed by atoms with Crippen molar-refractivity contribution < 1.29 is 8.42 Å². The molecule has 3 aromatic rings. The van der Waals surface area contributed by atoms with E-state index in [9.17, 15) is 8.42 Å². The van der Waals surface area contributed by atoms with Crippen molar-refractivity contribution in [3.05, 3.63) is 63.0 Å². The Morgan fingerprint density at radius 1 is 1.03 bits per heavy atom. The predicted molar refractivity (Wildman–Crippen MR) is 129 cm³/mol. The minimum absolute atomic E-state index is 0.108. The molecule has 31 heavy (non-hydrogen) atoms. The first-order valence-electron chi connectivity index (χ1n) is 10.0. The monoisotopic (exact) mass is 495 g/mol. The number of rotatable bonds is 5. The minimum atomic E-state index is -3.68. The zero-order chi connectivity index (χ0) is 22.2. The summed E-state index contributed by atoms with van der Waals surface area (Å²) in [6.07, 6.45) is 1.01. The van der Waals surface area contributed by atoms with Crippen LogP contribution in [0.5, 0.6) is 0 Å². The summed E-state index contributed by atoms with van der Waals surface area (Å²) in [5, 5.41) is 3.57. The van der Waals surface area contributed by atoms with E-state index < -0.39 is 10.0 Å². The average Bonchev–Trinajstić information content (AvgIpc) is 3.26. The van der Waals surface area contributed by atoms with Crippen LogP contribution in [0.15, 0.2) is 46.7 Å². The Kier molecular flexibility index (Phi) is 6.60. The quantitative estimate of drug-likeness (QED) is 0.468. The van der Waals surface area contributed by atoms with Crippen molar-refractivity contribution in [1.82, 2.24) is 9.29 Å². The van der Waals surface area contributed by atoms with Crippen LogP contribution in [0.2, 0.25) is 10.0 Å². The summed E-state index contributed by atoms with van der Waals surface area (Å²) in [5.41, 5.74) is 4.02. The SMILES string of the molecule is CCc1ccc(-c2csc(N3CCN(S(=O)(=O)c4cc(C)c(Cl)cc4Cl)CC3)n2)cc1. The first-order chi connectivity index (χ1) is 14.8. The highest BCUT2D eigenvalue weighted by molar-refractivity contribution is 7.89. The van der Waals surface area contributed by atoms with Crippen molar-refractivity contribution in [1.29, 1.82) is 0 Å². The van der Waals surface area contributed by atoms with E-state index in [0.717, 1.165) is 22.8 Å². The second-order valence-electron chi connectivity index (χ2n) is 7.49. The molecule has 0 atom stereocenters. The normalized spacial score (nSPS) is 15.4. The first-order valence-corrected chi connectivity index (χ1v) is 13.1. The molecule has 1 fully saturated rings. The van der Waals surface area contributed by atoms with Crippen molar-refractivity contribution >= 4 is 49.7 Å². The molecule has 0 N–H and O–H groups in total. The molecule has 0 unspecified atom stereocenters. The highest BCUT2D eigenvalue weighted by atomic mass is 35.5. The van der Waals surface area contributed by atoms with Crippen LogP contribution < -0.4 is 4.90 Å². The summed E-state index contributed by atoms with van der Waals surface area (Å²) < 4.78 is 27.7. The lowest BCUT2D eigenvalue weighted by Crippen LogP contribution is -2.48. The zero-order valence-electron chi connectivity index (χ0n) is 17.3. The number of hydrogen-bond donors (Lipinski definition) is 0. The molecule has 0 amide bonds. The van der Waals surface area contributed by atoms with Crippen LogP contribution in [-0.2, 0) is 16.4 Å². The van der Waals surface area contributed by atoms with Crippen LogP contribution in [0.4, 0.5) is 5.13 Å². The first kappa shape index (κ1) is 22.6. The van der Waals surface area contributed by atoms with Gasteiger partial charge in [0.2, 0.25) is 10.0 Å².